The minimum absolute atomic E-state index is 0.0609. The van der Waals surface area contributed by atoms with Gasteiger partial charge in [0.1, 0.15) is 0 Å². The fraction of sp³-hybridized carbons (Fsp3) is 0.320. The van der Waals surface area contributed by atoms with Crippen molar-refractivity contribution in [2.24, 2.45) is 0 Å². The molecule has 0 saturated heterocycles. The molecule has 2 aromatic carbocycles. The highest BCUT2D eigenvalue weighted by Gasteiger charge is 2.34. The number of rotatable bonds is 8. The molecule has 1 unspecified atom stereocenters. The van der Waals surface area contributed by atoms with Gasteiger partial charge in [0, 0.05) is 11.4 Å². The van der Waals surface area contributed by atoms with E-state index in [0.717, 1.165) is 22.4 Å². The van der Waals surface area contributed by atoms with Crippen LogP contribution in [0.4, 0.5) is 0 Å². The Labute approximate surface area is 192 Å². The second kappa shape index (κ2) is 9.96. The molecular formula is C25H27NO5S. The van der Waals surface area contributed by atoms with E-state index in [1.54, 1.807) is 25.6 Å². The molecule has 32 heavy (non-hydrogen) atoms. The topological polar surface area (TPSA) is 57.2 Å². The van der Waals surface area contributed by atoms with Crippen LogP contribution < -0.4 is 18.9 Å². The fourth-order valence-electron chi connectivity index (χ4n) is 4.03. The maximum atomic E-state index is 13.3. The lowest BCUT2D eigenvalue weighted by molar-refractivity contribution is -0.135. The Hall–Kier alpha value is -3.19. The van der Waals surface area contributed by atoms with Crippen LogP contribution in [0.25, 0.3) is 0 Å². The van der Waals surface area contributed by atoms with Crippen LogP contribution in [-0.2, 0) is 11.2 Å². The van der Waals surface area contributed by atoms with E-state index in [4.69, 9.17) is 18.9 Å². The van der Waals surface area contributed by atoms with Crippen molar-refractivity contribution in [3.63, 3.8) is 0 Å². The molecule has 4 rings (SSSR count). The molecule has 1 aliphatic heterocycles. The van der Waals surface area contributed by atoms with E-state index in [1.807, 2.05) is 59.7 Å². The molecule has 2 heterocycles. The maximum absolute atomic E-state index is 13.3. The van der Waals surface area contributed by atoms with E-state index in [9.17, 15) is 4.79 Å². The summed E-state index contributed by atoms with van der Waals surface area (Å²) in [6, 6.07) is 15.3. The second-order valence-electron chi connectivity index (χ2n) is 7.33. The molecule has 1 amide bonds. The van der Waals surface area contributed by atoms with Gasteiger partial charge < -0.3 is 23.8 Å². The lowest BCUT2D eigenvalue weighted by Gasteiger charge is -2.37. The molecule has 0 saturated carbocycles. The number of ether oxygens (including phenoxy) is 4. The molecule has 168 valence electrons. The van der Waals surface area contributed by atoms with Crippen LogP contribution in [0.2, 0.25) is 0 Å². The van der Waals surface area contributed by atoms with Crippen LogP contribution in [-0.4, -0.2) is 44.8 Å². The van der Waals surface area contributed by atoms with Crippen molar-refractivity contribution in [3.05, 3.63) is 69.9 Å². The molecule has 0 radical (unpaired) electrons. The molecule has 1 aliphatic rings. The zero-order valence-electron chi connectivity index (χ0n) is 18.5. The van der Waals surface area contributed by atoms with Crippen LogP contribution in [0.1, 0.15) is 29.0 Å². The van der Waals surface area contributed by atoms with Crippen LogP contribution in [0.15, 0.2) is 53.9 Å². The number of nitrogens with zero attached hydrogens (tertiary/aromatic N) is 1. The van der Waals surface area contributed by atoms with Crippen LogP contribution in [0, 0.1) is 0 Å². The minimum atomic E-state index is -0.197. The molecule has 3 aromatic rings. The Morgan fingerprint density at radius 1 is 1.00 bits per heavy atom. The Balaban J connectivity index is 1.62. The summed E-state index contributed by atoms with van der Waals surface area (Å²) in [5.41, 5.74) is 2.21. The number of para-hydroxylation sites is 2. The van der Waals surface area contributed by atoms with Crippen molar-refractivity contribution >= 4 is 17.2 Å². The number of thiophene rings is 1. The predicted molar refractivity (Wildman–Crippen MR) is 124 cm³/mol. The number of carbonyl (C=O) groups excluding carboxylic acids is 1. The molecule has 0 spiro atoms. The summed E-state index contributed by atoms with van der Waals surface area (Å²) in [4.78, 5) is 16.3. The molecule has 0 aliphatic carbocycles. The van der Waals surface area contributed by atoms with Crippen molar-refractivity contribution in [2.75, 3.05) is 34.0 Å². The van der Waals surface area contributed by atoms with Crippen molar-refractivity contribution < 1.29 is 23.7 Å². The number of methoxy groups -OCH3 is 2. The zero-order chi connectivity index (χ0) is 22.5. The summed E-state index contributed by atoms with van der Waals surface area (Å²) in [5, 5.41) is 2.03. The highest BCUT2D eigenvalue weighted by atomic mass is 32.1. The Morgan fingerprint density at radius 2 is 1.72 bits per heavy atom. The van der Waals surface area contributed by atoms with Gasteiger partial charge in [0.15, 0.2) is 29.6 Å². The van der Waals surface area contributed by atoms with E-state index in [2.05, 4.69) is 6.07 Å². The van der Waals surface area contributed by atoms with Gasteiger partial charge in [-0.15, -0.1) is 11.3 Å². The second-order valence-corrected chi connectivity index (χ2v) is 8.31. The van der Waals surface area contributed by atoms with Gasteiger partial charge in [0.2, 0.25) is 0 Å². The highest BCUT2D eigenvalue weighted by molar-refractivity contribution is 7.10. The van der Waals surface area contributed by atoms with E-state index < -0.39 is 0 Å². The summed E-state index contributed by atoms with van der Waals surface area (Å²) in [7, 11) is 3.26. The summed E-state index contributed by atoms with van der Waals surface area (Å²) in [6.07, 6.45) is 0.735. The number of hydrogen-bond acceptors (Lipinski definition) is 6. The van der Waals surface area contributed by atoms with E-state index in [1.165, 1.54) is 0 Å². The molecule has 7 heteroatoms. The predicted octanol–water partition coefficient (Wildman–Crippen LogP) is 4.72. The normalized spacial score (nSPS) is 15.1. The summed E-state index contributed by atoms with van der Waals surface area (Å²) < 4.78 is 22.5. The third-order valence-electron chi connectivity index (χ3n) is 5.51. The minimum Gasteiger partial charge on any atom is -0.493 e. The van der Waals surface area contributed by atoms with Crippen molar-refractivity contribution in [1.29, 1.82) is 0 Å². The molecule has 1 atom stereocenters. The van der Waals surface area contributed by atoms with Crippen molar-refractivity contribution in [1.82, 2.24) is 4.90 Å². The van der Waals surface area contributed by atoms with Gasteiger partial charge in [0.25, 0.3) is 5.91 Å². The molecule has 6 nitrogen and oxygen atoms in total. The fourth-order valence-corrected chi connectivity index (χ4v) is 4.89. The number of carbonyl (C=O) groups is 1. The van der Waals surface area contributed by atoms with Gasteiger partial charge in [-0.1, -0.05) is 18.2 Å². The molecule has 0 N–H and O–H groups in total. The summed E-state index contributed by atoms with van der Waals surface area (Å²) in [6.45, 7) is 2.99. The molecular weight excluding hydrogens is 426 g/mol. The van der Waals surface area contributed by atoms with E-state index in [-0.39, 0.29) is 18.6 Å². The van der Waals surface area contributed by atoms with Crippen molar-refractivity contribution in [2.45, 2.75) is 19.4 Å². The third-order valence-corrected chi connectivity index (χ3v) is 6.43. The van der Waals surface area contributed by atoms with Crippen LogP contribution in [0.3, 0.4) is 0 Å². The third kappa shape index (κ3) is 4.39. The van der Waals surface area contributed by atoms with E-state index >= 15 is 0 Å². The average molecular weight is 454 g/mol. The average Bonchev–Trinajstić information content (AvgIpc) is 3.36. The Bertz CT molecular complexity index is 1070. The monoisotopic (exact) mass is 453 g/mol. The molecule has 0 bridgehead atoms. The number of amides is 1. The first-order valence-electron chi connectivity index (χ1n) is 10.6. The Kier molecular flexibility index (Phi) is 6.85. The van der Waals surface area contributed by atoms with Gasteiger partial charge in [0.05, 0.1) is 26.9 Å². The van der Waals surface area contributed by atoms with E-state index in [0.29, 0.717) is 36.1 Å². The maximum Gasteiger partial charge on any atom is 0.261 e. The van der Waals surface area contributed by atoms with Gasteiger partial charge in [-0.25, -0.2) is 0 Å². The SMILES string of the molecule is CCOc1ccccc1OCC(=O)N1CCc2cc(OC)c(OC)cc2C1c1cccs1. The van der Waals surface area contributed by atoms with Crippen LogP contribution in [0.5, 0.6) is 23.0 Å². The van der Waals surface area contributed by atoms with Gasteiger partial charge in [-0.3, -0.25) is 4.79 Å². The largest absolute Gasteiger partial charge is 0.493 e. The first-order valence-corrected chi connectivity index (χ1v) is 11.5. The standard InChI is InChI=1S/C25H27NO5S/c1-4-30-19-8-5-6-9-20(19)31-16-24(27)26-12-11-17-14-21(28-2)22(29-3)15-18(17)25(26)23-10-7-13-32-23/h5-10,13-15,25H,4,11-12,16H2,1-3H3. The number of hydrogen-bond donors (Lipinski definition) is 0. The smallest absolute Gasteiger partial charge is 0.261 e. The molecule has 0 fully saturated rings. The van der Waals surface area contributed by atoms with Gasteiger partial charge in [-0.05, 0) is 60.2 Å². The highest BCUT2D eigenvalue weighted by Crippen LogP contribution is 2.42. The Morgan fingerprint density at radius 3 is 2.38 bits per heavy atom. The summed E-state index contributed by atoms with van der Waals surface area (Å²) >= 11 is 1.63. The quantitative estimate of drug-likeness (QED) is 0.494. The lowest BCUT2D eigenvalue weighted by atomic mass is 9.90. The number of fused-ring (bicyclic) bond motifs is 1. The zero-order valence-corrected chi connectivity index (χ0v) is 19.3. The van der Waals surface area contributed by atoms with Gasteiger partial charge in [-0.2, -0.15) is 0 Å². The van der Waals surface area contributed by atoms with Crippen molar-refractivity contribution in [3.8, 4) is 23.0 Å². The summed E-state index contributed by atoms with van der Waals surface area (Å²) in [5.74, 6) is 2.49. The first kappa shape index (κ1) is 22.0. The first-order chi connectivity index (χ1) is 15.7. The molecule has 1 aromatic heterocycles. The number of benzene rings is 2. The lowest BCUT2D eigenvalue weighted by Crippen LogP contribution is -2.42. The van der Waals surface area contributed by atoms with Crippen LogP contribution >= 0.6 is 11.3 Å². The van der Waals surface area contributed by atoms with Gasteiger partial charge >= 0.3 is 0 Å².